The van der Waals surface area contributed by atoms with Gasteiger partial charge in [0.25, 0.3) is 0 Å². The molecule has 0 spiro atoms. The highest BCUT2D eigenvalue weighted by Crippen LogP contribution is 2.26. The maximum atomic E-state index is 11.2. The molecule has 0 saturated heterocycles. The van der Waals surface area contributed by atoms with Gasteiger partial charge in [-0.3, -0.25) is 10.1 Å². The summed E-state index contributed by atoms with van der Waals surface area (Å²) in [7, 11) is 0. The molecule has 0 fully saturated rings. The number of hydrogen-bond donors (Lipinski definition) is 1. The second-order valence-corrected chi connectivity index (χ2v) is 5.99. The lowest BCUT2D eigenvalue weighted by atomic mass is 10.1. The van der Waals surface area contributed by atoms with Crippen molar-refractivity contribution < 1.29 is 4.79 Å². The minimum atomic E-state index is -0.273. The average Bonchev–Trinajstić information content (AvgIpc) is 2.96. The van der Waals surface area contributed by atoms with Crippen molar-refractivity contribution >= 4 is 34.0 Å². The molecule has 0 unspecified atom stereocenters. The first-order valence-electron chi connectivity index (χ1n) is 7.01. The monoisotopic (exact) mass is 323 g/mol. The van der Waals surface area contributed by atoms with Gasteiger partial charge in [-0.15, -0.1) is 21.8 Å². The molecule has 1 N–H and O–H groups in total. The number of anilines is 1. The standard InChI is InChI=1S/C15H18ClN3OS/c1-2-3-4-5-11-6-8-12(9-7-11)14-18-19-15(21-14)17-13(20)10-16/h6-9H,2-5,10H2,1H3,(H,17,19,20). The highest BCUT2D eigenvalue weighted by Gasteiger charge is 2.08. The van der Waals surface area contributed by atoms with Crippen molar-refractivity contribution in [3.05, 3.63) is 29.8 Å². The summed E-state index contributed by atoms with van der Waals surface area (Å²) in [4.78, 5) is 11.2. The van der Waals surface area contributed by atoms with Gasteiger partial charge < -0.3 is 0 Å². The Morgan fingerprint density at radius 3 is 2.67 bits per heavy atom. The molecule has 2 rings (SSSR count). The summed E-state index contributed by atoms with van der Waals surface area (Å²) >= 11 is 6.78. The Labute approximate surface area is 133 Å². The van der Waals surface area contributed by atoms with Crippen LogP contribution in [0.5, 0.6) is 0 Å². The van der Waals surface area contributed by atoms with Gasteiger partial charge in [0.15, 0.2) is 0 Å². The Balaban J connectivity index is 2.00. The Bertz CT molecular complexity index is 583. The van der Waals surface area contributed by atoms with Gasteiger partial charge >= 0.3 is 0 Å². The molecule has 1 heterocycles. The fourth-order valence-electron chi connectivity index (χ4n) is 1.94. The Kier molecular flexibility index (Phi) is 6.14. The number of carbonyl (C=O) groups is 1. The molecule has 2 aromatic rings. The number of nitrogens with one attached hydrogen (secondary N) is 1. The zero-order valence-electron chi connectivity index (χ0n) is 11.9. The van der Waals surface area contributed by atoms with Crippen LogP contribution in [0.25, 0.3) is 10.6 Å². The molecule has 1 aromatic heterocycles. The highest BCUT2D eigenvalue weighted by atomic mass is 35.5. The highest BCUT2D eigenvalue weighted by molar-refractivity contribution is 7.18. The third-order valence-electron chi connectivity index (χ3n) is 3.06. The average molecular weight is 324 g/mol. The maximum Gasteiger partial charge on any atom is 0.241 e. The zero-order valence-corrected chi connectivity index (χ0v) is 13.5. The third kappa shape index (κ3) is 4.79. The number of rotatable bonds is 7. The van der Waals surface area contributed by atoms with E-state index in [0.717, 1.165) is 17.0 Å². The Morgan fingerprint density at radius 1 is 1.24 bits per heavy atom. The van der Waals surface area contributed by atoms with Crippen molar-refractivity contribution in [2.24, 2.45) is 0 Å². The fourth-order valence-corrected chi connectivity index (χ4v) is 2.77. The van der Waals surface area contributed by atoms with E-state index in [4.69, 9.17) is 11.6 Å². The molecule has 0 aliphatic rings. The molecular weight excluding hydrogens is 306 g/mol. The van der Waals surface area contributed by atoms with Crippen LogP contribution < -0.4 is 5.32 Å². The predicted octanol–water partition coefficient (Wildman–Crippen LogP) is 4.12. The molecule has 0 aliphatic heterocycles. The molecule has 0 atom stereocenters. The SMILES string of the molecule is CCCCCc1ccc(-c2nnc(NC(=O)CCl)s2)cc1. The summed E-state index contributed by atoms with van der Waals surface area (Å²) in [5, 5.41) is 11.9. The van der Waals surface area contributed by atoms with Gasteiger partial charge in [-0.2, -0.15) is 0 Å². The quantitative estimate of drug-likeness (QED) is 0.616. The Hall–Kier alpha value is -1.46. The number of alkyl halides is 1. The number of unbranched alkanes of at least 4 members (excludes halogenated alkanes) is 2. The van der Waals surface area contributed by atoms with Crippen molar-refractivity contribution in [1.82, 2.24) is 10.2 Å². The second-order valence-electron chi connectivity index (χ2n) is 4.75. The molecular formula is C15H18ClN3OS. The van der Waals surface area contributed by atoms with Crippen LogP contribution in [-0.2, 0) is 11.2 Å². The second kappa shape index (κ2) is 8.10. The number of amides is 1. The van der Waals surface area contributed by atoms with Crippen molar-refractivity contribution in [2.75, 3.05) is 11.2 Å². The molecule has 6 heteroatoms. The molecule has 112 valence electrons. The number of nitrogens with zero attached hydrogens (tertiary/aromatic N) is 2. The minimum Gasteiger partial charge on any atom is -0.299 e. The molecule has 0 aliphatic carbocycles. The first kappa shape index (κ1) is 15.9. The lowest BCUT2D eigenvalue weighted by Gasteiger charge is -2.01. The third-order valence-corrected chi connectivity index (χ3v) is 4.19. The minimum absolute atomic E-state index is 0.0820. The van der Waals surface area contributed by atoms with Gasteiger partial charge in [0, 0.05) is 5.56 Å². The van der Waals surface area contributed by atoms with Crippen LogP contribution in [-0.4, -0.2) is 22.0 Å². The van der Waals surface area contributed by atoms with Gasteiger partial charge in [0.05, 0.1) is 0 Å². The smallest absolute Gasteiger partial charge is 0.241 e. The molecule has 0 saturated carbocycles. The van der Waals surface area contributed by atoms with Crippen LogP contribution in [0.1, 0.15) is 31.7 Å². The number of carbonyl (C=O) groups excluding carboxylic acids is 1. The summed E-state index contributed by atoms with van der Waals surface area (Å²) < 4.78 is 0. The topological polar surface area (TPSA) is 54.9 Å². The maximum absolute atomic E-state index is 11.2. The molecule has 1 amide bonds. The number of hydrogen-bond acceptors (Lipinski definition) is 4. The molecule has 0 bridgehead atoms. The number of halogens is 1. The van der Waals surface area contributed by atoms with Crippen molar-refractivity contribution in [3.63, 3.8) is 0 Å². The van der Waals surface area contributed by atoms with E-state index in [0.29, 0.717) is 5.13 Å². The van der Waals surface area contributed by atoms with Crippen molar-refractivity contribution in [3.8, 4) is 10.6 Å². The van der Waals surface area contributed by atoms with Crippen LogP contribution in [0.15, 0.2) is 24.3 Å². The number of aryl methyl sites for hydroxylation is 1. The van der Waals surface area contributed by atoms with E-state index in [-0.39, 0.29) is 11.8 Å². The predicted molar refractivity (Wildman–Crippen MR) is 87.9 cm³/mol. The van der Waals surface area contributed by atoms with E-state index in [1.165, 1.54) is 36.2 Å². The van der Waals surface area contributed by atoms with Gasteiger partial charge in [0.1, 0.15) is 10.9 Å². The molecule has 0 radical (unpaired) electrons. The van der Waals surface area contributed by atoms with Gasteiger partial charge in [-0.05, 0) is 18.4 Å². The van der Waals surface area contributed by atoms with E-state index < -0.39 is 0 Å². The zero-order chi connectivity index (χ0) is 15.1. The molecule has 21 heavy (non-hydrogen) atoms. The van der Waals surface area contributed by atoms with E-state index in [9.17, 15) is 4.79 Å². The van der Waals surface area contributed by atoms with E-state index in [1.54, 1.807) is 0 Å². The summed E-state index contributed by atoms with van der Waals surface area (Å²) in [6.07, 6.45) is 4.84. The first-order chi connectivity index (χ1) is 10.2. The van der Waals surface area contributed by atoms with Crippen LogP contribution in [0.2, 0.25) is 0 Å². The van der Waals surface area contributed by atoms with Gasteiger partial charge in [0.2, 0.25) is 11.0 Å². The summed E-state index contributed by atoms with van der Waals surface area (Å²) in [6.45, 7) is 2.21. The van der Waals surface area contributed by atoms with E-state index in [1.807, 2.05) is 0 Å². The van der Waals surface area contributed by atoms with Gasteiger partial charge in [-0.1, -0.05) is 55.4 Å². The van der Waals surface area contributed by atoms with Gasteiger partial charge in [-0.25, -0.2) is 0 Å². The van der Waals surface area contributed by atoms with Crippen molar-refractivity contribution in [2.45, 2.75) is 32.6 Å². The fraction of sp³-hybridized carbons (Fsp3) is 0.400. The lowest BCUT2D eigenvalue weighted by Crippen LogP contribution is -2.12. The summed E-state index contributed by atoms with van der Waals surface area (Å²) in [5.74, 6) is -0.355. The Morgan fingerprint density at radius 2 is 2.00 bits per heavy atom. The number of benzene rings is 1. The first-order valence-corrected chi connectivity index (χ1v) is 8.36. The van der Waals surface area contributed by atoms with E-state index >= 15 is 0 Å². The van der Waals surface area contributed by atoms with Crippen LogP contribution in [0, 0.1) is 0 Å². The summed E-state index contributed by atoms with van der Waals surface area (Å²) in [6, 6.07) is 8.36. The van der Waals surface area contributed by atoms with Crippen LogP contribution in [0.4, 0.5) is 5.13 Å². The molecule has 4 nitrogen and oxygen atoms in total. The number of aromatic nitrogens is 2. The van der Waals surface area contributed by atoms with Crippen LogP contribution in [0.3, 0.4) is 0 Å². The van der Waals surface area contributed by atoms with E-state index in [2.05, 4.69) is 46.7 Å². The summed E-state index contributed by atoms with van der Waals surface area (Å²) in [5.41, 5.74) is 2.35. The lowest BCUT2D eigenvalue weighted by molar-refractivity contribution is -0.113. The van der Waals surface area contributed by atoms with Crippen LogP contribution >= 0.6 is 22.9 Å². The normalized spacial score (nSPS) is 10.6. The largest absolute Gasteiger partial charge is 0.299 e. The van der Waals surface area contributed by atoms with Crippen molar-refractivity contribution in [1.29, 1.82) is 0 Å². The molecule has 1 aromatic carbocycles.